The molecule has 0 bridgehead atoms. The van der Waals surface area contributed by atoms with Crippen LogP contribution < -0.4 is 11.1 Å². The van der Waals surface area contributed by atoms with Gasteiger partial charge in [-0.3, -0.25) is 9.69 Å². The quantitative estimate of drug-likeness (QED) is 0.507. The zero-order chi connectivity index (χ0) is 20.5. The summed E-state index contributed by atoms with van der Waals surface area (Å²) in [5.41, 5.74) is 8.54. The summed E-state index contributed by atoms with van der Waals surface area (Å²) in [6, 6.07) is 12.3. The van der Waals surface area contributed by atoms with Gasteiger partial charge in [-0.05, 0) is 18.1 Å². The number of nitrogens with zero attached hydrogens (tertiary/aromatic N) is 5. The minimum atomic E-state index is -0.622. The highest BCUT2D eigenvalue weighted by Crippen LogP contribution is 2.25. The summed E-state index contributed by atoms with van der Waals surface area (Å²) in [5, 5.41) is 7.83. The zero-order valence-corrected chi connectivity index (χ0v) is 16.2. The van der Waals surface area contributed by atoms with Gasteiger partial charge in [0.15, 0.2) is 17.2 Å². The number of aromatic nitrogens is 4. The van der Waals surface area contributed by atoms with Gasteiger partial charge < -0.3 is 15.5 Å². The molecule has 5 rings (SSSR count). The second kappa shape index (κ2) is 7.60. The van der Waals surface area contributed by atoms with E-state index in [1.807, 2.05) is 6.07 Å². The number of likely N-dealkylation sites (tertiary alicyclic amines) is 1. The number of amides is 1. The van der Waals surface area contributed by atoms with Gasteiger partial charge in [0, 0.05) is 31.2 Å². The normalized spacial score (nSPS) is 16.9. The van der Waals surface area contributed by atoms with Crippen LogP contribution in [0.15, 0.2) is 59.6 Å². The van der Waals surface area contributed by atoms with E-state index in [2.05, 4.69) is 49.5 Å². The van der Waals surface area contributed by atoms with Crippen LogP contribution in [0, 0.1) is 0 Å². The number of carbonyl (C=O) groups is 1. The lowest BCUT2D eigenvalue weighted by Gasteiger charge is -2.17. The van der Waals surface area contributed by atoms with Gasteiger partial charge in [-0.1, -0.05) is 30.3 Å². The molecule has 0 aliphatic carbocycles. The zero-order valence-electron chi connectivity index (χ0n) is 16.2. The minimum Gasteiger partial charge on any atom is -0.458 e. The van der Waals surface area contributed by atoms with E-state index in [0.29, 0.717) is 22.7 Å². The number of nitrogens with two attached hydrogens (primary N) is 1. The lowest BCUT2D eigenvalue weighted by atomic mass is 10.2. The second-order valence-electron chi connectivity index (χ2n) is 7.40. The van der Waals surface area contributed by atoms with Crippen molar-refractivity contribution in [2.75, 3.05) is 18.4 Å². The van der Waals surface area contributed by atoms with Gasteiger partial charge in [0.1, 0.15) is 12.6 Å². The molecule has 152 valence electrons. The van der Waals surface area contributed by atoms with Crippen LogP contribution in [0.2, 0.25) is 0 Å². The monoisotopic (exact) mass is 403 g/mol. The third-order valence-corrected chi connectivity index (χ3v) is 5.30. The van der Waals surface area contributed by atoms with Crippen molar-refractivity contribution in [3.63, 3.8) is 0 Å². The first-order valence-electron chi connectivity index (χ1n) is 9.77. The molecule has 0 radical (unpaired) electrons. The second-order valence-corrected chi connectivity index (χ2v) is 7.40. The van der Waals surface area contributed by atoms with Crippen LogP contribution in [0.25, 0.3) is 16.9 Å². The highest BCUT2D eigenvalue weighted by Gasteiger charge is 2.24. The molecule has 1 saturated heterocycles. The molecular weight excluding hydrogens is 382 g/mol. The Morgan fingerprint density at radius 3 is 2.93 bits per heavy atom. The SMILES string of the molecule is NC(=O)c1cc(-c2cnc(N[C@H]3CCN(Cc4ccccc4)C3)c3ncnn23)co1. The Morgan fingerprint density at radius 2 is 2.13 bits per heavy atom. The van der Waals surface area contributed by atoms with E-state index in [9.17, 15) is 4.79 Å². The molecular formula is C21H21N7O2. The molecule has 9 heteroatoms. The minimum absolute atomic E-state index is 0.0879. The van der Waals surface area contributed by atoms with E-state index >= 15 is 0 Å². The standard InChI is InChI=1S/C21H21N7O2/c22-19(29)18-8-15(12-30-18)17-9-23-20(21-24-13-25-28(17)21)26-16-6-7-27(11-16)10-14-4-2-1-3-5-14/h1-5,8-9,12-13,16H,6-7,10-11H2,(H2,22,29)(H,23,26)/t16-/m0/s1. The van der Waals surface area contributed by atoms with Crippen molar-refractivity contribution in [1.29, 1.82) is 0 Å². The lowest BCUT2D eigenvalue weighted by Crippen LogP contribution is -2.26. The summed E-state index contributed by atoms with van der Waals surface area (Å²) in [4.78, 5) is 22.7. The number of hydrogen-bond acceptors (Lipinski definition) is 7. The smallest absolute Gasteiger partial charge is 0.284 e. The first-order chi connectivity index (χ1) is 14.7. The van der Waals surface area contributed by atoms with Gasteiger partial charge in [-0.15, -0.1) is 0 Å². The number of anilines is 1. The molecule has 1 aliphatic heterocycles. The molecule has 1 amide bonds. The summed E-state index contributed by atoms with van der Waals surface area (Å²) in [6.45, 7) is 2.90. The van der Waals surface area contributed by atoms with Crippen LogP contribution in [0.4, 0.5) is 5.82 Å². The van der Waals surface area contributed by atoms with Gasteiger partial charge in [0.05, 0.1) is 11.9 Å². The third-order valence-electron chi connectivity index (χ3n) is 5.30. The number of carbonyl (C=O) groups excluding carboxylic acids is 1. The largest absolute Gasteiger partial charge is 0.458 e. The lowest BCUT2D eigenvalue weighted by molar-refractivity contribution is 0.0974. The van der Waals surface area contributed by atoms with Crippen molar-refractivity contribution >= 4 is 17.4 Å². The van der Waals surface area contributed by atoms with Crippen LogP contribution in [0.3, 0.4) is 0 Å². The van der Waals surface area contributed by atoms with E-state index in [1.165, 1.54) is 18.2 Å². The van der Waals surface area contributed by atoms with Gasteiger partial charge >= 0.3 is 0 Å². The number of nitrogens with one attached hydrogen (secondary N) is 1. The predicted molar refractivity (Wildman–Crippen MR) is 111 cm³/mol. The molecule has 4 aromatic rings. The van der Waals surface area contributed by atoms with Crippen molar-refractivity contribution in [3.05, 3.63) is 66.5 Å². The molecule has 9 nitrogen and oxygen atoms in total. The molecule has 1 atom stereocenters. The molecule has 3 aromatic heterocycles. The summed E-state index contributed by atoms with van der Waals surface area (Å²) in [6.07, 6.45) is 5.66. The van der Waals surface area contributed by atoms with Crippen molar-refractivity contribution in [1.82, 2.24) is 24.5 Å². The summed E-state index contributed by atoms with van der Waals surface area (Å²) in [5.74, 6) is 0.148. The van der Waals surface area contributed by atoms with Crippen molar-refractivity contribution in [3.8, 4) is 11.3 Å². The summed E-state index contributed by atoms with van der Waals surface area (Å²) in [7, 11) is 0. The van der Waals surface area contributed by atoms with Crippen LogP contribution in [0.1, 0.15) is 22.5 Å². The van der Waals surface area contributed by atoms with E-state index in [0.717, 1.165) is 26.1 Å². The molecule has 1 fully saturated rings. The predicted octanol–water partition coefficient (Wildman–Crippen LogP) is 2.17. The number of hydrogen-bond donors (Lipinski definition) is 2. The average molecular weight is 403 g/mol. The van der Waals surface area contributed by atoms with Crippen molar-refractivity contribution in [2.45, 2.75) is 19.0 Å². The van der Waals surface area contributed by atoms with Gasteiger partial charge in [0.2, 0.25) is 0 Å². The summed E-state index contributed by atoms with van der Waals surface area (Å²) >= 11 is 0. The van der Waals surface area contributed by atoms with Gasteiger partial charge in [0.25, 0.3) is 5.91 Å². The average Bonchev–Trinajstić information content (AvgIpc) is 3.50. The maximum absolute atomic E-state index is 11.3. The number of furan rings is 1. The molecule has 30 heavy (non-hydrogen) atoms. The first-order valence-corrected chi connectivity index (χ1v) is 9.77. The Morgan fingerprint density at radius 1 is 1.27 bits per heavy atom. The maximum atomic E-state index is 11.3. The fourth-order valence-electron chi connectivity index (χ4n) is 3.84. The first kappa shape index (κ1) is 18.3. The molecule has 4 heterocycles. The van der Waals surface area contributed by atoms with E-state index in [-0.39, 0.29) is 11.8 Å². The van der Waals surface area contributed by atoms with Gasteiger partial charge in [-0.25, -0.2) is 14.5 Å². The van der Waals surface area contributed by atoms with E-state index in [1.54, 1.807) is 16.8 Å². The van der Waals surface area contributed by atoms with Crippen LogP contribution in [-0.2, 0) is 6.54 Å². The molecule has 1 aromatic carbocycles. The Labute approximate surface area is 172 Å². The summed E-state index contributed by atoms with van der Waals surface area (Å²) < 4.78 is 6.90. The Balaban J connectivity index is 1.33. The molecule has 1 aliphatic rings. The number of benzene rings is 1. The van der Waals surface area contributed by atoms with Crippen LogP contribution >= 0.6 is 0 Å². The van der Waals surface area contributed by atoms with E-state index in [4.69, 9.17) is 10.2 Å². The Kier molecular flexibility index (Phi) is 4.64. The molecule has 0 saturated carbocycles. The maximum Gasteiger partial charge on any atom is 0.284 e. The molecule has 0 spiro atoms. The van der Waals surface area contributed by atoms with Crippen LogP contribution in [0.5, 0.6) is 0 Å². The van der Waals surface area contributed by atoms with Crippen molar-refractivity contribution < 1.29 is 9.21 Å². The topological polar surface area (TPSA) is 115 Å². The van der Waals surface area contributed by atoms with Crippen LogP contribution in [-0.4, -0.2) is 49.5 Å². The van der Waals surface area contributed by atoms with Crippen molar-refractivity contribution in [2.24, 2.45) is 5.73 Å². The fourth-order valence-corrected chi connectivity index (χ4v) is 3.84. The highest BCUT2D eigenvalue weighted by molar-refractivity contribution is 5.91. The van der Waals surface area contributed by atoms with E-state index < -0.39 is 5.91 Å². The fraction of sp³-hybridized carbons (Fsp3) is 0.238. The Hall–Kier alpha value is -3.72. The number of fused-ring (bicyclic) bond motifs is 1. The molecule has 3 N–H and O–H groups in total. The number of rotatable bonds is 6. The molecule has 0 unspecified atom stereocenters. The third kappa shape index (κ3) is 3.50. The number of primary amides is 1. The highest BCUT2D eigenvalue weighted by atomic mass is 16.3. The van der Waals surface area contributed by atoms with Gasteiger partial charge in [-0.2, -0.15) is 5.10 Å². The Bertz CT molecular complexity index is 1180.